The van der Waals surface area contributed by atoms with Crippen molar-refractivity contribution in [1.29, 1.82) is 0 Å². The van der Waals surface area contributed by atoms with E-state index in [4.69, 9.17) is 0 Å². The van der Waals surface area contributed by atoms with Crippen LogP contribution in [-0.4, -0.2) is 30.6 Å². The lowest BCUT2D eigenvalue weighted by Crippen LogP contribution is -2.11. The van der Waals surface area contributed by atoms with E-state index in [2.05, 4.69) is 19.9 Å². The minimum Gasteiger partial charge on any atom is -0.293 e. The van der Waals surface area contributed by atoms with Crippen molar-refractivity contribution >= 4 is 17.4 Å². The average Bonchev–Trinajstić information content (AvgIpc) is 2.89. The second kappa shape index (κ2) is 5.03. The van der Waals surface area contributed by atoms with Gasteiger partial charge in [-0.05, 0) is 12.3 Å². The number of hydrogen-bond donors (Lipinski definition) is 0. The summed E-state index contributed by atoms with van der Waals surface area (Å²) in [6, 6.07) is 1.78. The number of imidazole rings is 1. The van der Waals surface area contributed by atoms with Crippen LogP contribution in [0.1, 0.15) is 12.6 Å². The summed E-state index contributed by atoms with van der Waals surface area (Å²) in [5.74, 6) is -2.58. The largest absolute Gasteiger partial charge is 0.293 e. The molecule has 0 atom stereocenters. The molecule has 0 fully saturated rings. The molecule has 0 amide bonds. The fourth-order valence-electron chi connectivity index (χ4n) is 1.86. The summed E-state index contributed by atoms with van der Waals surface area (Å²) in [7, 11) is 0. The standard InChI is InChI=1S/C13H11F2N5S/c1-13(14,15)9-7-20-8(5-18-10(20)6-17-9)12-16-4-3-11(19-12)21-2/h3-7H,1-2H3. The van der Waals surface area contributed by atoms with E-state index in [0.717, 1.165) is 11.9 Å². The smallest absolute Gasteiger partial charge is 0.288 e. The van der Waals surface area contributed by atoms with Gasteiger partial charge in [0.15, 0.2) is 11.5 Å². The molecule has 0 bridgehead atoms. The van der Waals surface area contributed by atoms with E-state index < -0.39 is 5.92 Å². The molecule has 21 heavy (non-hydrogen) atoms. The number of thioether (sulfide) groups is 1. The second-order valence-electron chi connectivity index (χ2n) is 4.46. The molecule has 3 aromatic heterocycles. The fourth-order valence-corrected chi connectivity index (χ4v) is 2.24. The van der Waals surface area contributed by atoms with Gasteiger partial charge in [-0.1, -0.05) is 0 Å². The highest BCUT2D eigenvalue weighted by molar-refractivity contribution is 7.98. The van der Waals surface area contributed by atoms with Crippen LogP contribution >= 0.6 is 11.8 Å². The quantitative estimate of drug-likeness (QED) is 0.550. The molecule has 0 N–H and O–H groups in total. The first-order valence-electron chi connectivity index (χ1n) is 6.08. The summed E-state index contributed by atoms with van der Waals surface area (Å²) in [4.78, 5) is 16.4. The third-order valence-electron chi connectivity index (χ3n) is 2.91. The van der Waals surface area contributed by atoms with Crippen molar-refractivity contribution in [2.75, 3.05) is 6.26 Å². The molecule has 0 aliphatic heterocycles. The van der Waals surface area contributed by atoms with E-state index in [0.29, 0.717) is 17.2 Å². The second-order valence-corrected chi connectivity index (χ2v) is 5.28. The Balaban J connectivity index is 2.18. The van der Waals surface area contributed by atoms with E-state index in [1.165, 1.54) is 28.6 Å². The Morgan fingerprint density at radius 3 is 2.71 bits per heavy atom. The van der Waals surface area contributed by atoms with Gasteiger partial charge in [0.05, 0.1) is 17.4 Å². The molecular formula is C13H11F2N5S. The van der Waals surface area contributed by atoms with Crippen molar-refractivity contribution in [2.24, 2.45) is 0 Å². The first kappa shape index (κ1) is 13.9. The molecule has 5 nitrogen and oxygen atoms in total. The number of fused-ring (bicyclic) bond motifs is 1. The molecule has 0 spiro atoms. The van der Waals surface area contributed by atoms with Gasteiger partial charge in [-0.2, -0.15) is 8.78 Å². The third-order valence-corrected chi connectivity index (χ3v) is 3.56. The zero-order valence-electron chi connectivity index (χ0n) is 11.3. The van der Waals surface area contributed by atoms with Crippen LogP contribution in [0.4, 0.5) is 8.78 Å². The molecular weight excluding hydrogens is 296 g/mol. The van der Waals surface area contributed by atoms with Crippen LogP contribution in [0.3, 0.4) is 0 Å². The van der Waals surface area contributed by atoms with Crippen molar-refractivity contribution in [3.63, 3.8) is 0 Å². The normalized spacial score (nSPS) is 12.0. The van der Waals surface area contributed by atoms with Crippen LogP contribution < -0.4 is 0 Å². The lowest BCUT2D eigenvalue weighted by atomic mass is 10.3. The van der Waals surface area contributed by atoms with Crippen molar-refractivity contribution in [2.45, 2.75) is 17.9 Å². The van der Waals surface area contributed by atoms with E-state index in [1.54, 1.807) is 18.5 Å². The Kier molecular flexibility index (Phi) is 3.32. The van der Waals surface area contributed by atoms with Gasteiger partial charge in [-0.3, -0.25) is 4.40 Å². The molecule has 0 aromatic carbocycles. The van der Waals surface area contributed by atoms with Gasteiger partial charge in [0.25, 0.3) is 5.92 Å². The van der Waals surface area contributed by atoms with Gasteiger partial charge in [-0.15, -0.1) is 11.8 Å². The zero-order valence-corrected chi connectivity index (χ0v) is 12.1. The molecule has 0 aliphatic rings. The van der Waals surface area contributed by atoms with Gasteiger partial charge in [0, 0.05) is 19.3 Å². The maximum atomic E-state index is 13.4. The molecule has 8 heteroatoms. The van der Waals surface area contributed by atoms with Crippen LogP contribution in [0, 0.1) is 0 Å². The maximum Gasteiger partial charge on any atom is 0.288 e. The minimum atomic E-state index is -3.02. The Morgan fingerprint density at radius 1 is 1.19 bits per heavy atom. The number of nitrogens with zero attached hydrogens (tertiary/aromatic N) is 5. The van der Waals surface area contributed by atoms with Crippen LogP contribution in [0.15, 0.2) is 35.9 Å². The Bertz CT molecular complexity index is 797. The molecule has 0 unspecified atom stereocenters. The highest BCUT2D eigenvalue weighted by Gasteiger charge is 2.27. The summed E-state index contributed by atoms with van der Waals surface area (Å²) in [5.41, 5.74) is 0.695. The first-order valence-corrected chi connectivity index (χ1v) is 7.30. The highest BCUT2D eigenvalue weighted by atomic mass is 32.2. The van der Waals surface area contributed by atoms with Crippen molar-refractivity contribution in [3.8, 4) is 11.5 Å². The van der Waals surface area contributed by atoms with Crippen LogP contribution in [0.2, 0.25) is 0 Å². The predicted octanol–water partition coefficient (Wildman–Crippen LogP) is 3.02. The lowest BCUT2D eigenvalue weighted by molar-refractivity contribution is 0.0123. The molecule has 0 radical (unpaired) electrons. The average molecular weight is 307 g/mol. The topological polar surface area (TPSA) is 56.0 Å². The zero-order chi connectivity index (χ0) is 15.0. The van der Waals surface area contributed by atoms with Gasteiger partial charge in [0.2, 0.25) is 0 Å². The Labute approximate surface area is 123 Å². The third kappa shape index (κ3) is 2.58. The van der Waals surface area contributed by atoms with Gasteiger partial charge >= 0.3 is 0 Å². The summed E-state index contributed by atoms with van der Waals surface area (Å²) in [5, 5.41) is 0.796. The maximum absolute atomic E-state index is 13.4. The molecule has 3 heterocycles. The first-order chi connectivity index (χ1) is 9.99. The lowest BCUT2D eigenvalue weighted by Gasteiger charge is -2.10. The molecule has 0 saturated carbocycles. The van der Waals surface area contributed by atoms with E-state index >= 15 is 0 Å². The summed E-state index contributed by atoms with van der Waals surface area (Å²) in [6.45, 7) is 0.808. The minimum absolute atomic E-state index is 0.324. The van der Waals surface area contributed by atoms with Crippen LogP contribution in [-0.2, 0) is 5.92 Å². The molecule has 108 valence electrons. The number of alkyl halides is 2. The van der Waals surface area contributed by atoms with Crippen molar-refractivity contribution < 1.29 is 8.78 Å². The Morgan fingerprint density at radius 2 is 2.00 bits per heavy atom. The molecule has 3 rings (SSSR count). The van der Waals surface area contributed by atoms with Gasteiger partial charge < -0.3 is 0 Å². The molecule has 0 aliphatic carbocycles. The summed E-state index contributed by atoms with van der Waals surface area (Å²) >= 11 is 1.48. The summed E-state index contributed by atoms with van der Waals surface area (Å²) in [6.07, 6.45) is 7.67. The molecule has 3 aromatic rings. The molecule has 0 saturated heterocycles. The van der Waals surface area contributed by atoms with E-state index in [1.807, 2.05) is 6.26 Å². The highest BCUT2D eigenvalue weighted by Crippen LogP contribution is 2.26. The predicted molar refractivity (Wildman–Crippen MR) is 75.4 cm³/mol. The van der Waals surface area contributed by atoms with Crippen molar-refractivity contribution in [3.05, 3.63) is 36.5 Å². The van der Waals surface area contributed by atoms with Crippen LogP contribution in [0.25, 0.3) is 17.2 Å². The van der Waals surface area contributed by atoms with Crippen molar-refractivity contribution in [1.82, 2.24) is 24.3 Å². The van der Waals surface area contributed by atoms with Gasteiger partial charge in [-0.25, -0.2) is 19.9 Å². The number of hydrogen-bond acceptors (Lipinski definition) is 5. The summed E-state index contributed by atoms with van der Waals surface area (Å²) < 4.78 is 28.3. The number of halogens is 2. The fraction of sp³-hybridized carbons (Fsp3) is 0.231. The van der Waals surface area contributed by atoms with Crippen LogP contribution in [0.5, 0.6) is 0 Å². The Hall–Kier alpha value is -2.09. The number of aromatic nitrogens is 5. The monoisotopic (exact) mass is 307 g/mol. The van der Waals surface area contributed by atoms with Gasteiger partial charge in [0.1, 0.15) is 11.4 Å². The SMILES string of the molecule is CSc1ccnc(-c2cnc3cnc(C(C)(F)F)cn23)n1. The van der Waals surface area contributed by atoms with E-state index in [-0.39, 0.29) is 5.69 Å². The number of rotatable bonds is 3. The van der Waals surface area contributed by atoms with E-state index in [9.17, 15) is 8.78 Å².